The molecule has 1 aromatic carbocycles. The minimum atomic E-state index is -4.68. The van der Waals surface area contributed by atoms with Crippen molar-refractivity contribution in [3.8, 4) is 0 Å². The third kappa shape index (κ3) is 3.94. The topological polar surface area (TPSA) is 111 Å². The molecule has 184 valence electrons. The van der Waals surface area contributed by atoms with E-state index in [-0.39, 0.29) is 45.7 Å². The van der Waals surface area contributed by atoms with Crippen molar-refractivity contribution >= 4 is 33.6 Å². The molecular formula is C24H25F3N6O2. The molecule has 3 heterocycles. The number of nitrogens with two attached hydrogens (primary N) is 1. The number of aryl methyl sites for hydroxylation is 1. The Labute approximate surface area is 202 Å². The van der Waals surface area contributed by atoms with Crippen LogP contribution in [0.5, 0.6) is 0 Å². The molecule has 0 spiro atoms. The number of aliphatic hydroxyl groups is 1. The van der Waals surface area contributed by atoms with Gasteiger partial charge in [-0.25, -0.2) is 14.8 Å². The lowest BCUT2D eigenvalue weighted by Gasteiger charge is -2.33. The second-order valence-electron chi connectivity index (χ2n) is 9.37. The monoisotopic (exact) mass is 489 g/mol. The number of pyridine rings is 2. The summed E-state index contributed by atoms with van der Waals surface area (Å²) >= 11 is 0. The highest BCUT2D eigenvalue weighted by Crippen LogP contribution is 2.38. The quantitative estimate of drug-likeness (QED) is 0.401. The first-order valence-corrected chi connectivity index (χ1v) is 11.0. The Morgan fingerprint density at radius 2 is 1.91 bits per heavy atom. The van der Waals surface area contributed by atoms with Crippen LogP contribution in [0, 0.1) is 0 Å². The molecule has 1 saturated carbocycles. The van der Waals surface area contributed by atoms with Crippen molar-refractivity contribution in [3.05, 3.63) is 58.1 Å². The summed E-state index contributed by atoms with van der Waals surface area (Å²) in [5.74, 6) is 0.101. The van der Waals surface area contributed by atoms with E-state index in [1.807, 2.05) is 0 Å². The predicted molar refractivity (Wildman–Crippen MR) is 126 cm³/mol. The van der Waals surface area contributed by atoms with Crippen LogP contribution in [0.4, 0.5) is 24.8 Å². The molecule has 1 aliphatic carbocycles. The van der Waals surface area contributed by atoms with Gasteiger partial charge >= 0.3 is 11.9 Å². The zero-order chi connectivity index (χ0) is 27.8. The summed E-state index contributed by atoms with van der Waals surface area (Å²) in [6.45, 7) is 0.157. The number of para-hydroxylation sites is 1. The van der Waals surface area contributed by atoms with Crippen LogP contribution < -0.4 is 16.7 Å². The molecule has 35 heavy (non-hydrogen) atoms. The number of hydrogen-bond acceptors (Lipinski definition) is 6. The highest BCUT2D eigenvalue weighted by atomic mass is 19.4. The number of imidazole rings is 1. The molecule has 1 fully saturated rings. The van der Waals surface area contributed by atoms with E-state index in [0.717, 1.165) is 6.07 Å². The molecule has 4 N–H and O–H groups in total. The Hall–Kier alpha value is -3.44. The number of nitrogens with zero attached hydrogens (tertiary/aromatic N) is 4. The zero-order valence-corrected chi connectivity index (χ0v) is 18.9. The summed E-state index contributed by atoms with van der Waals surface area (Å²) in [7, 11) is 0. The smallest absolute Gasteiger partial charge is 0.386 e. The fourth-order valence-corrected chi connectivity index (χ4v) is 4.56. The molecule has 0 radical (unpaired) electrons. The van der Waals surface area contributed by atoms with Gasteiger partial charge in [0.15, 0.2) is 0 Å². The highest BCUT2D eigenvalue weighted by Gasteiger charge is 2.35. The average molecular weight is 490 g/mol. The van der Waals surface area contributed by atoms with Gasteiger partial charge in [-0.1, -0.05) is 12.1 Å². The van der Waals surface area contributed by atoms with Gasteiger partial charge in [-0.3, -0.25) is 9.13 Å². The molecule has 0 aliphatic heterocycles. The van der Waals surface area contributed by atoms with Gasteiger partial charge in [0, 0.05) is 34.6 Å². The van der Waals surface area contributed by atoms with Gasteiger partial charge in [0.2, 0.25) is 0 Å². The Bertz CT molecular complexity index is 1620. The van der Waals surface area contributed by atoms with Crippen molar-refractivity contribution < 1.29 is 22.4 Å². The van der Waals surface area contributed by atoms with Crippen LogP contribution in [0.25, 0.3) is 21.9 Å². The number of anilines is 2. The fraction of sp³-hybridized carbons (Fsp3) is 0.375. The normalized spacial score (nSPS) is 20.4. The SMILES string of the molecule is [2H]C([2H])([2H])n1c(=O)n([C@H]2C[C@H](N)C2)c2cc(Nc3cc(C(C)(C)O)c4cccc(C(F)(F)F)c4n3)ncc21. The van der Waals surface area contributed by atoms with Gasteiger partial charge in [-0.05, 0) is 44.4 Å². The van der Waals surface area contributed by atoms with Crippen LogP contribution in [0.1, 0.15) is 48.0 Å². The Balaban J connectivity index is 1.67. The van der Waals surface area contributed by atoms with Crippen LogP contribution in [0.2, 0.25) is 0 Å². The maximum Gasteiger partial charge on any atom is 0.418 e. The van der Waals surface area contributed by atoms with Crippen molar-refractivity contribution in [1.82, 2.24) is 19.1 Å². The highest BCUT2D eigenvalue weighted by molar-refractivity contribution is 5.88. The fourth-order valence-electron chi connectivity index (χ4n) is 4.56. The molecule has 11 heteroatoms. The predicted octanol–water partition coefficient (Wildman–Crippen LogP) is 3.94. The number of nitrogens with one attached hydrogen (secondary N) is 1. The summed E-state index contributed by atoms with van der Waals surface area (Å²) in [6.07, 6.45) is -2.48. The Morgan fingerprint density at radius 1 is 1.17 bits per heavy atom. The molecule has 0 saturated heterocycles. The number of hydrogen-bond donors (Lipinski definition) is 3. The van der Waals surface area contributed by atoms with Gasteiger partial charge in [0.25, 0.3) is 0 Å². The van der Waals surface area contributed by atoms with E-state index in [4.69, 9.17) is 9.85 Å². The lowest BCUT2D eigenvalue weighted by atomic mass is 9.87. The summed E-state index contributed by atoms with van der Waals surface area (Å²) in [5.41, 5.74) is 2.95. The van der Waals surface area contributed by atoms with Crippen LogP contribution in [0.3, 0.4) is 0 Å². The summed E-state index contributed by atoms with van der Waals surface area (Å²) in [5, 5.41) is 13.7. The van der Waals surface area contributed by atoms with E-state index in [2.05, 4.69) is 15.3 Å². The minimum Gasteiger partial charge on any atom is -0.386 e. The van der Waals surface area contributed by atoms with E-state index < -0.39 is 30.0 Å². The molecule has 8 nitrogen and oxygen atoms in total. The maximum atomic E-state index is 13.8. The van der Waals surface area contributed by atoms with Crippen molar-refractivity contribution in [3.63, 3.8) is 0 Å². The molecule has 0 amide bonds. The summed E-state index contributed by atoms with van der Waals surface area (Å²) in [4.78, 5) is 21.5. The third-order valence-corrected chi connectivity index (χ3v) is 6.33. The molecule has 0 unspecified atom stereocenters. The Morgan fingerprint density at radius 3 is 2.54 bits per heavy atom. The van der Waals surface area contributed by atoms with Gasteiger partial charge in [-0.2, -0.15) is 13.2 Å². The molecule has 4 aromatic rings. The van der Waals surface area contributed by atoms with E-state index in [1.54, 1.807) is 0 Å². The van der Waals surface area contributed by atoms with E-state index in [1.165, 1.54) is 48.9 Å². The van der Waals surface area contributed by atoms with Gasteiger partial charge in [0.05, 0.1) is 33.9 Å². The number of aromatic nitrogens is 4. The van der Waals surface area contributed by atoms with Crippen LogP contribution in [-0.2, 0) is 18.8 Å². The zero-order valence-electron chi connectivity index (χ0n) is 21.9. The van der Waals surface area contributed by atoms with Crippen molar-refractivity contribution in [2.45, 2.75) is 50.6 Å². The van der Waals surface area contributed by atoms with Crippen LogP contribution in [-0.4, -0.2) is 30.3 Å². The van der Waals surface area contributed by atoms with Gasteiger partial charge in [0.1, 0.15) is 11.6 Å². The second-order valence-corrected chi connectivity index (χ2v) is 9.37. The standard InChI is InChI=1S/C24H25F3N6O2/c1-23(2,35)16-9-20(31-21-14(16)5-4-6-15(21)24(25,26)27)30-19-10-17-18(11-29-19)32(3)22(34)33(17)13-7-12(28)8-13/h4-6,9-13,35H,7-8,28H2,1-3H3,(H,29,30,31)/t12-,13-/i3D3. The van der Waals surface area contributed by atoms with Crippen molar-refractivity contribution in [2.24, 2.45) is 12.7 Å². The molecule has 1 aliphatic rings. The largest absolute Gasteiger partial charge is 0.418 e. The van der Waals surface area contributed by atoms with Gasteiger partial charge < -0.3 is 16.2 Å². The lowest BCUT2D eigenvalue weighted by molar-refractivity contribution is -0.136. The first-order chi connectivity index (χ1) is 17.6. The first kappa shape index (κ1) is 19.8. The first-order valence-electron chi connectivity index (χ1n) is 12.5. The van der Waals surface area contributed by atoms with E-state index in [9.17, 15) is 23.1 Å². The third-order valence-electron chi connectivity index (χ3n) is 6.33. The summed E-state index contributed by atoms with van der Waals surface area (Å²) < 4.78 is 66.8. The molecule has 0 bridgehead atoms. The van der Waals surface area contributed by atoms with Crippen LogP contribution in [0.15, 0.2) is 41.3 Å². The number of rotatable bonds is 4. The molecule has 0 atom stereocenters. The second kappa shape index (κ2) is 7.79. The lowest BCUT2D eigenvalue weighted by Crippen LogP contribution is -2.41. The molecular weight excluding hydrogens is 461 g/mol. The Kier molecular flexibility index (Phi) is 4.41. The van der Waals surface area contributed by atoms with Crippen molar-refractivity contribution in [2.75, 3.05) is 5.32 Å². The minimum absolute atomic E-state index is 0.0204. The molecule has 3 aromatic heterocycles. The number of halogens is 3. The molecule has 5 rings (SSSR count). The maximum absolute atomic E-state index is 13.8. The average Bonchev–Trinajstić information content (AvgIpc) is 3.05. The van der Waals surface area contributed by atoms with Crippen LogP contribution >= 0.6 is 0 Å². The number of benzene rings is 1. The van der Waals surface area contributed by atoms with Gasteiger partial charge in [-0.15, -0.1) is 0 Å². The van der Waals surface area contributed by atoms with E-state index in [0.29, 0.717) is 22.9 Å². The number of alkyl halides is 3. The van der Waals surface area contributed by atoms with Crippen molar-refractivity contribution in [1.29, 1.82) is 0 Å². The number of fused-ring (bicyclic) bond motifs is 2. The summed E-state index contributed by atoms with van der Waals surface area (Å²) in [6, 6.07) is 6.10. The van der Waals surface area contributed by atoms with E-state index >= 15 is 0 Å².